The van der Waals surface area contributed by atoms with Crippen molar-refractivity contribution in [3.63, 3.8) is 0 Å². The number of ether oxygens (including phenoxy) is 1. The van der Waals surface area contributed by atoms with Crippen molar-refractivity contribution in [2.75, 3.05) is 7.11 Å². The van der Waals surface area contributed by atoms with E-state index in [1.807, 2.05) is 61.1 Å². The number of nitrogens with one attached hydrogen (secondary N) is 1. The summed E-state index contributed by atoms with van der Waals surface area (Å²) in [6.07, 6.45) is 3.49. The van der Waals surface area contributed by atoms with Crippen molar-refractivity contribution in [1.29, 1.82) is 0 Å². The summed E-state index contributed by atoms with van der Waals surface area (Å²) in [4.78, 5) is 30.2. The van der Waals surface area contributed by atoms with Crippen LogP contribution in [0.25, 0.3) is 10.8 Å². The van der Waals surface area contributed by atoms with Crippen molar-refractivity contribution < 1.29 is 9.53 Å². The number of imidazole rings is 1. The quantitative estimate of drug-likeness (QED) is 0.520. The maximum Gasteiger partial charge on any atom is 0.275 e. The smallest absolute Gasteiger partial charge is 0.275 e. The number of fused-ring (bicyclic) bond motifs is 1. The SMILES string of the molecule is COc1cccc(C(NC(=O)Cn2nc(C)c3ccccc3c2=O)c2nccn2C)c1. The molecule has 4 rings (SSSR count). The number of carbonyl (C=O) groups is 1. The van der Waals surface area contributed by atoms with E-state index in [4.69, 9.17) is 4.74 Å². The van der Waals surface area contributed by atoms with E-state index in [2.05, 4.69) is 15.4 Å². The van der Waals surface area contributed by atoms with Crippen LogP contribution in [0, 0.1) is 6.92 Å². The highest BCUT2D eigenvalue weighted by Gasteiger charge is 2.22. The molecule has 0 spiro atoms. The molecule has 8 heteroatoms. The summed E-state index contributed by atoms with van der Waals surface area (Å²) < 4.78 is 8.37. The number of rotatable bonds is 6. The third-order valence-electron chi connectivity index (χ3n) is 5.19. The fourth-order valence-corrected chi connectivity index (χ4v) is 3.63. The van der Waals surface area contributed by atoms with E-state index in [-0.39, 0.29) is 18.0 Å². The third kappa shape index (κ3) is 4.05. The van der Waals surface area contributed by atoms with Crippen LogP contribution in [0.1, 0.15) is 23.1 Å². The molecule has 0 aliphatic heterocycles. The number of amides is 1. The molecule has 2 aromatic heterocycles. The lowest BCUT2D eigenvalue weighted by molar-refractivity contribution is -0.122. The van der Waals surface area contributed by atoms with Crippen LogP contribution in [-0.4, -0.2) is 32.3 Å². The van der Waals surface area contributed by atoms with Gasteiger partial charge in [0.2, 0.25) is 5.91 Å². The fraction of sp³-hybridized carbons (Fsp3) is 0.217. The fourth-order valence-electron chi connectivity index (χ4n) is 3.63. The molecule has 0 aliphatic rings. The van der Waals surface area contributed by atoms with Gasteiger partial charge in [-0.15, -0.1) is 0 Å². The minimum atomic E-state index is -0.514. The molecule has 0 bridgehead atoms. The van der Waals surface area contributed by atoms with Gasteiger partial charge in [-0.05, 0) is 30.7 Å². The van der Waals surface area contributed by atoms with Gasteiger partial charge in [-0.25, -0.2) is 9.67 Å². The van der Waals surface area contributed by atoms with Crippen LogP contribution in [0.15, 0.2) is 65.7 Å². The van der Waals surface area contributed by atoms with Gasteiger partial charge in [0.15, 0.2) is 0 Å². The van der Waals surface area contributed by atoms with Gasteiger partial charge in [-0.2, -0.15) is 5.10 Å². The molecule has 2 heterocycles. The second kappa shape index (κ2) is 8.43. The Morgan fingerprint density at radius 1 is 1.16 bits per heavy atom. The first-order chi connectivity index (χ1) is 15.0. The van der Waals surface area contributed by atoms with Gasteiger partial charge in [0.05, 0.1) is 18.2 Å². The van der Waals surface area contributed by atoms with E-state index in [1.54, 1.807) is 25.4 Å². The number of methoxy groups -OCH3 is 1. The van der Waals surface area contributed by atoms with Gasteiger partial charge in [0, 0.05) is 24.8 Å². The molecule has 31 heavy (non-hydrogen) atoms. The molecule has 1 amide bonds. The van der Waals surface area contributed by atoms with Crippen LogP contribution in [0.5, 0.6) is 5.75 Å². The van der Waals surface area contributed by atoms with Crippen molar-refractivity contribution in [1.82, 2.24) is 24.6 Å². The Kier molecular flexibility index (Phi) is 5.53. The molecule has 4 aromatic rings. The number of hydrogen-bond donors (Lipinski definition) is 1. The summed E-state index contributed by atoms with van der Waals surface area (Å²) in [5.41, 5.74) is 1.21. The molecule has 158 valence electrons. The highest BCUT2D eigenvalue weighted by Crippen LogP contribution is 2.24. The van der Waals surface area contributed by atoms with Gasteiger partial charge in [-0.1, -0.05) is 30.3 Å². The van der Waals surface area contributed by atoms with E-state index < -0.39 is 6.04 Å². The molecule has 0 aliphatic carbocycles. The molecule has 1 N–H and O–H groups in total. The van der Waals surface area contributed by atoms with Crippen LogP contribution in [0.2, 0.25) is 0 Å². The van der Waals surface area contributed by atoms with Crippen molar-refractivity contribution in [2.24, 2.45) is 7.05 Å². The highest BCUT2D eigenvalue weighted by molar-refractivity contribution is 5.83. The molecule has 8 nitrogen and oxygen atoms in total. The minimum Gasteiger partial charge on any atom is -0.497 e. The van der Waals surface area contributed by atoms with Gasteiger partial charge in [-0.3, -0.25) is 9.59 Å². The largest absolute Gasteiger partial charge is 0.497 e. The first-order valence-corrected chi connectivity index (χ1v) is 9.85. The minimum absolute atomic E-state index is 0.199. The predicted octanol–water partition coefficient (Wildman–Crippen LogP) is 2.35. The lowest BCUT2D eigenvalue weighted by Crippen LogP contribution is -2.37. The number of benzene rings is 2. The van der Waals surface area contributed by atoms with Crippen molar-refractivity contribution in [3.8, 4) is 5.75 Å². The highest BCUT2D eigenvalue weighted by atomic mass is 16.5. The van der Waals surface area contributed by atoms with Gasteiger partial charge >= 0.3 is 0 Å². The first kappa shape index (κ1) is 20.3. The number of aromatic nitrogens is 4. The maximum absolute atomic E-state index is 13.0. The van der Waals surface area contributed by atoms with E-state index in [1.165, 1.54) is 4.68 Å². The van der Waals surface area contributed by atoms with Gasteiger partial charge in [0.25, 0.3) is 5.56 Å². The average molecular weight is 417 g/mol. The Labute approximate surface area is 179 Å². The monoisotopic (exact) mass is 417 g/mol. The van der Waals surface area contributed by atoms with Crippen LogP contribution < -0.4 is 15.6 Å². The van der Waals surface area contributed by atoms with Crippen LogP contribution in [0.3, 0.4) is 0 Å². The normalized spacial score (nSPS) is 12.0. The molecule has 1 unspecified atom stereocenters. The topological polar surface area (TPSA) is 91.0 Å². The summed E-state index contributed by atoms with van der Waals surface area (Å²) in [5.74, 6) is 0.991. The van der Waals surface area contributed by atoms with Crippen LogP contribution in [0.4, 0.5) is 0 Å². The summed E-state index contributed by atoms with van der Waals surface area (Å²) in [6, 6.07) is 14.2. The number of aryl methyl sites for hydroxylation is 2. The van der Waals surface area contributed by atoms with Gasteiger partial charge in [0.1, 0.15) is 24.2 Å². The first-order valence-electron chi connectivity index (χ1n) is 9.85. The molecule has 0 fully saturated rings. The molecule has 0 saturated heterocycles. The molecule has 1 atom stereocenters. The predicted molar refractivity (Wildman–Crippen MR) is 117 cm³/mol. The van der Waals surface area contributed by atoms with E-state index in [9.17, 15) is 9.59 Å². The Morgan fingerprint density at radius 3 is 2.65 bits per heavy atom. The van der Waals surface area contributed by atoms with E-state index in [0.717, 1.165) is 10.9 Å². The van der Waals surface area contributed by atoms with Crippen molar-refractivity contribution >= 4 is 16.7 Å². The van der Waals surface area contributed by atoms with Gasteiger partial charge < -0.3 is 14.6 Å². The Bertz CT molecular complexity index is 1310. The third-order valence-corrected chi connectivity index (χ3v) is 5.19. The van der Waals surface area contributed by atoms with Crippen LogP contribution in [-0.2, 0) is 18.4 Å². The molecular weight excluding hydrogens is 394 g/mol. The summed E-state index contributed by atoms with van der Waals surface area (Å²) in [7, 11) is 3.45. The van der Waals surface area contributed by atoms with Crippen LogP contribution >= 0.6 is 0 Å². The number of nitrogens with zero attached hydrogens (tertiary/aromatic N) is 4. The zero-order valence-electron chi connectivity index (χ0n) is 17.6. The number of carbonyl (C=O) groups excluding carboxylic acids is 1. The summed E-state index contributed by atoms with van der Waals surface area (Å²) >= 11 is 0. The summed E-state index contributed by atoms with van der Waals surface area (Å²) in [6.45, 7) is 1.62. The average Bonchev–Trinajstić information content (AvgIpc) is 3.21. The second-order valence-electron chi connectivity index (χ2n) is 7.27. The second-order valence-corrected chi connectivity index (χ2v) is 7.27. The molecule has 0 radical (unpaired) electrons. The van der Waals surface area contributed by atoms with Crippen molar-refractivity contribution in [2.45, 2.75) is 19.5 Å². The lowest BCUT2D eigenvalue weighted by atomic mass is 10.1. The number of hydrogen-bond acceptors (Lipinski definition) is 5. The molecular formula is C23H23N5O3. The van der Waals surface area contributed by atoms with E-state index in [0.29, 0.717) is 22.7 Å². The molecule has 2 aromatic carbocycles. The maximum atomic E-state index is 13.0. The Hall–Kier alpha value is -3.94. The molecule has 0 saturated carbocycles. The Morgan fingerprint density at radius 2 is 1.94 bits per heavy atom. The standard InChI is InChI=1S/C23H23N5O3/c1-15-18-9-4-5-10-19(18)23(30)28(26-15)14-20(29)25-21(22-24-11-12-27(22)2)16-7-6-8-17(13-16)31-3/h4-13,21H,14H2,1-3H3,(H,25,29). The van der Waals surface area contributed by atoms with Crippen molar-refractivity contribution in [3.05, 3.63) is 88.4 Å². The van der Waals surface area contributed by atoms with E-state index >= 15 is 0 Å². The summed E-state index contributed by atoms with van der Waals surface area (Å²) in [5, 5.41) is 8.65. The zero-order valence-corrected chi connectivity index (χ0v) is 17.6. The lowest BCUT2D eigenvalue weighted by Gasteiger charge is -2.20. The Balaban J connectivity index is 1.66. The zero-order chi connectivity index (χ0) is 22.0.